The van der Waals surface area contributed by atoms with E-state index in [-0.39, 0.29) is 36.9 Å². The van der Waals surface area contributed by atoms with Gasteiger partial charge in [0.05, 0.1) is 4.90 Å². The van der Waals surface area contributed by atoms with Crippen LogP contribution in [-0.2, 0) is 10.0 Å². The quantitative estimate of drug-likeness (QED) is 0.478. The number of nitrogens with one attached hydrogen (secondary N) is 2. The standard InChI is InChI=1S/C20H22N2O7S/c1-2-9-22-30(25,26)17-6-3-14(4-7-17)20(24)21-11-15(23)12-27-16-5-8-18-19(10-16)29-13-28-18/h2-8,10,15,22-23H,1,9,11-13H2,(H,21,24). The van der Waals surface area contributed by atoms with Gasteiger partial charge in [-0.05, 0) is 36.4 Å². The lowest BCUT2D eigenvalue weighted by Crippen LogP contribution is -2.35. The molecule has 1 unspecified atom stereocenters. The fraction of sp³-hybridized carbons (Fsp3) is 0.250. The molecule has 10 heteroatoms. The SMILES string of the molecule is C=CCNS(=O)(=O)c1ccc(C(=O)NCC(O)COc2ccc3c(c2)OCO3)cc1. The van der Waals surface area contributed by atoms with Crippen molar-refractivity contribution in [2.75, 3.05) is 26.5 Å². The maximum absolute atomic E-state index is 12.2. The summed E-state index contributed by atoms with van der Waals surface area (Å²) in [4.78, 5) is 12.3. The van der Waals surface area contributed by atoms with Crippen LogP contribution >= 0.6 is 0 Å². The summed E-state index contributed by atoms with van der Waals surface area (Å²) in [5.41, 5.74) is 0.265. The summed E-state index contributed by atoms with van der Waals surface area (Å²) >= 11 is 0. The van der Waals surface area contributed by atoms with Crippen LogP contribution in [0.4, 0.5) is 0 Å². The van der Waals surface area contributed by atoms with Gasteiger partial charge >= 0.3 is 0 Å². The Hall–Kier alpha value is -3.08. The van der Waals surface area contributed by atoms with Crippen molar-refractivity contribution in [2.45, 2.75) is 11.0 Å². The number of hydrogen-bond acceptors (Lipinski definition) is 7. The average Bonchev–Trinajstić information content (AvgIpc) is 3.22. The van der Waals surface area contributed by atoms with E-state index in [9.17, 15) is 18.3 Å². The minimum absolute atomic E-state index is 0.0356. The highest BCUT2D eigenvalue weighted by molar-refractivity contribution is 7.89. The summed E-state index contributed by atoms with van der Waals surface area (Å²) in [7, 11) is -3.65. The Balaban J connectivity index is 1.47. The van der Waals surface area contributed by atoms with Crippen LogP contribution in [0.3, 0.4) is 0 Å². The van der Waals surface area contributed by atoms with Gasteiger partial charge in [0.25, 0.3) is 5.91 Å². The highest BCUT2D eigenvalue weighted by atomic mass is 32.2. The number of fused-ring (bicyclic) bond motifs is 1. The summed E-state index contributed by atoms with van der Waals surface area (Å²) in [5, 5.41) is 12.6. The van der Waals surface area contributed by atoms with Crippen molar-refractivity contribution in [3.05, 3.63) is 60.7 Å². The highest BCUT2D eigenvalue weighted by Crippen LogP contribution is 2.35. The van der Waals surface area contributed by atoms with E-state index < -0.39 is 22.0 Å². The smallest absolute Gasteiger partial charge is 0.251 e. The summed E-state index contributed by atoms with van der Waals surface area (Å²) < 4.78 is 42.3. The number of amides is 1. The number of sulfonamides is 1. The molecule has 0 spiro atoms. The zero-order chi connectivity index (χ0) is 21.6. The second-order valence-corrected chi connectivity index (χ2v) is 8.12. The van der Waals surface area contributed by atoms with Crippen molar-refractivity contribution in [3.8, 4) is 17.2 Å². The minimum Gasteiger partial charge on any atom is -0.491 e. The molecule has 2 aromatic carbocycles. The summed E-state index contributed by atoms with van der Waals surface area (Å²) in [6.45, 7) is 3.65. The molecule has 0 aliphatic carbocycles. The Labute approximate surface area is 174 Å². The molecule has 9 nitrogen and oxygen atoms in total. The van der Waals surface area contributed by atoms with Gasteiger partial charge in [0.15, 0.2) is 11.5 Å². The van der Waals surface area contributed by atoms with Crippen molar-refractivity contribution in [1.29, 1.82) is 0 Å². The summed E-state index contributed by atoms with van der Waals surface area (Å²) in [6, 6.07) is 10.5. The predicted molar refractivity (Wildman–Crippen MR) is 108 cm³/mol. The topological polar surface area (TPSA) is 123 Å². The van der Waals surface area contributed by atoms with E-state index in [1.54, 1.807) is 18.2 Å². The second-order valence-electron chi connectivity index (χ2n) is 6.35. The maximum atomic E-state index is 12.2. The summed E-state index contributed by atoms with van der Waals surface area (Å²) in [6.07, 6.45) is 0.489. The van der Waals surface area contributed by atoms with E-state index in [0.717, 1.165) is 0 Å². The van der Waals surface area contributed by atoms with E-state index in [0.29, 0.717) is 17.2 Å². The third-order valence-electron chi connectivity index (χ3n) is 4.13. The second kappa shape index (κ2) is 9.61. The van der Waals surface area contributed by atoms with Crippen LogP contribution in [0.15, 0.2) is 60.0 Å². The van der Waals surface area contributed by atoms with E-state index in [1.165, 1.54) is 30.3 Å². The zero-order valence-corrected chi connectivity index (χ0v) is 16.9. The Morgan fingerprint density at radius 2 is 1.93 bits per heavy atom. The molecule has 30 heavy (non-hydrogen) atoms. The van der Waals surface area contributed by atoms with Crippen molar-refractivity contribution in [2.24, 2.45) is 0 Å². The number of rotatable bonds is 10. The van der Waals surface area contributed by atoms with Gasteiger partial charge in [-0.25, -0.2) is 13.1 Å². The van der Waals surface area contributed by atoms with Gasteiger partial charge in [-0.15, -0.1) is 6.58 Å². The van der Waals surface area contributed by atoms with Gasteiger partial charge in [0.1, 0.15) is 18.5 Å². The van der Waals surface area contributed by atoms with Crippen molar-refractivity contribution < 1.29 is 32.5 Å². The largest absolute Gasteiger partial charge is 0.491 e. The van der Waals surface area contributed by atoms with Crippen LogP contribution in [0.25, 0.3) is 0 Å². The lowest BCUT2D eigenvalue weighted by Gasteiger charge is -2.14. The molecule has 1 aliphatic rings. The Morgan fingerprint density at radius 3 is 2.67 bits per heavy atom. The molecule has 2 aromatic rings. The lowest BCUT2D eigenvalue weighted by molar-refractivity contribution is 0.0843. The normalized spacial score (nSPS) is 13.5. The minimum atomic E-state index is -3.65. The molecule has 0 saturated carbocycles. The molecular weight excluding hydrogens is 412 g/mol. The van der Waals surface area contributed by atoms with Crippen LogP contribution < -0.4 is 24.2 Å². The molecule has 1 aliphatic heterocycles. The molecule has 160 valence electrons. The summed E-state index contributed by atoms with van der Waals surface area (Å²) in [5.74, 6) is 1.26. The number of benzene rings is 2. The first-order valence-corrected chi connectivity index (χ1v) is 10.6. The van der Waals surface area contributed by atoms with E-state index in [4.69, 9.17) is 14.2 Å². The first kappa shape index (κ1) is 21.6. The molecule has 0 bridgehead atoms. The van der Waals surface area contributed by atoms with Gasteiger partial charge in [-0.1, -0.05) is 6.08 Å². The number of aliphatic hydroxyl groups is 1. The highest BCUT2D eigenvalue weighted by Gasteiger charge is 2.16. The lowest BCUT2D eigenvalue weighted by atomic mass is 10.2. The zero-order valence-electron chi connectivity index (χ0n) is 16.0. The molecule has 0 radical (unpaired) electrons. The number of carbonyl (C=O) groups excluding carboxylic acids is 1. The first-order valence-electron chi connectivity index (χ1n) is 9.08. The van der Waals surface area contributed by atoms with Gasteiger partial charge < -0.3 is 24.6 Å². The van der Waals surface area contributed by atoms with Crippen LogP contribution in [-0.4, -0.2) is 52.0 Å². The average molecular weight is 434 g/mol. The molecule has 1 atom stereocenters. The van der Waals surface area contributed by atoms with E-state index in [2.05, 4.69) is 16.6 Å². The fourth-order valence-corrected chi connectivity index (χ4v) is 3.57. The third-order valence-corrected chi connectivity index (χ3v) is 5.57. The molecule has 1 heterocycles. The van der Waals surface area contributed by atoms with Crippen molar-refractivity contribution in [1.82, 2.24) is 10.0 Å². The molecule has 0 fully saturated rings. The van der Waals surface area contributed by atoms with Crippen molar-refractivity contribution >= 4 is 15.9 Å². The van der Waals surface area contributed by atoms with Crippen LogP contribution in [0.2, 0.25) is 0 Å². The molecule has 0 saturated heterocycles. The Kier molecular flexibility index (Phi) is 6.93. The third kappa shape index (κ3) is 5.50. The van der Waals surface area contributed by atoms with Crippen LogP contribution in [0.5, 0.6) is 17.2 Å². The number of hydrogen-bond donors (Lipinski definition) is 3. The number of ether oxygens (including phenoxy) is 3. The predicted octanol–water partition coefficient (Wildman–Crippen LogP) is 1.05. The number of aliphatic hydroxyl groups excluding tert-OH is 1. The Morgan fingerprint density at radius 1 is 1.20 bits per heavy atom. The van der Waals surface area contributed by atoms with Gasteiger partial charge in [-0.2, -0.15) is 0 Å². The first-order chi connectivity index (χ1) is 14.4. The molecule has 3 rings (SSSR count). The maximum Gasteiger partial charge on any atom is 0.251 e. The molecule has 0 aromatic heterocycles. The van der Waals surface area contributed by atoms with Crippen molar-refractivity contribution in [3.63, 3.8) is 0 Å². The molecule has 1 amide bonds. The number of carbonyl (C=O) groups is 1. The van der Waals surface area contributed by atoms with E-state index >= 15 is 0 Å². The van der Waals surface area contributed by atoms with Gasteiger partial charge in [0, 0.05) is 24.7 Å². The fourth-order valence-electron chi connectivity index (χ4n) is 2.57. The molecular formula is C20H22N2O7S. The monoisotopic (exact) mass is 434 g/mol. The van der Waals surface area contributed by atoms with Crippen LogP contribution in [0.1, 0.15) is 10.4 Å². The van der Waals surface area contributed by atoms with E-state index in [1.807, 2.05) is 0 Å². The van der Waals surface area contributed by atoms with Gasteiger partial charge in [0.2, 0.25) is 16.8 Å². The Bertz CT molecular complexity index is 1010. The van der Waals surface area contributed by atoms with Crippen LogP contribution in [0, 0.1) is 0 Å². The van der Waals surface area contributed by atoms with Gasteiger partial charge in [-0.3, -0.25) is 4.79 Å². The molecule has 3 N–H and O–H groups in total.